The highest BCUT2D eigenvalue weighted by Gasteiger charge is 2.20. The van der Waals surface area contributed by atoms with Gasteiger partial charge in [-0.1, -0.05) is 54.2 Å². The van der Waals surface area contributed by atoms with E-state index >= 15 is 0 Å². The summed E-state index contributed by atoms with van der Waals surface area (Å²) in [7, 11) is 0. The van der Waals surface area contributed by atoms with E-state index in [9.17, 15) is 10.1 Å². The van der Waals surface area contributed by atoms with Gasteiger partial charge in [0, 0.05) is 16.6 Å². The second-order valence-electron chi connectivity index (χ2n) is 7.27. The molecule has 5 nitrogen and oxygen atoms in total. The van der Waals surface area contributed by atoms with Gasteiger partial charge in [-0.25, -0.2) is 0 Å². The Labute approximate surface area is 192 Å². The van der Waals surface area contributed by atoms with Crippen LogP contribution in [0, 0.1) is 11.3 Å². The topological polar surface area (TPSA) is 71.3 Å². The number of ether oxygens (including phenoxy) is 2. The number of nitriles is 1. The van der Waals surface area contributed by atoms with E-state index in [1.165, 1.54) is 6.08 Å². The van der Waals surface area contributed by atoms with Crippen molar-refractivity contribution in [2.24, 2.45) is 0 Å². The lowest BCUT2D eigenvalue weighted by Gasteiger charge is -2.15. The van der Waals surface area contributed by atoms with Crippen LogP contribution in [0.25, 0.3) is 6.08 Å². The summed E-state index contributed by atoms with van der Waals surface area (Å²) in [6.45, 7) is 2.48. The zero-order valence-electron chi connectivity index (χ0n) is 17.3. The molecule has 0 radical (unpaired) electrons. The van der Waals surface area contributed by atoms with Crippen LogP contribution in [0.3, 0.4) is 0 Å². The van der Waals surface area contributed by atoms with Crippen LogP contribution in [0.15, 0.2) is 42.0 Å². The van der Waals surface area contributed by atoms with Crippen LogP contribution < -0.4 is 14.8 Å². The normalized spacial score (nSPS) is 14.2. The van der Waals surface area contributed by atoms with Crippen molar-refractivity contribution in [2.45, 2.75) is 45.3 Å². The summed E-state index contributed by atoms with van der Waals surface area (Å²) < 4.78 is 11.6. The van der Waals surface area contributed by atoms with Crippen LogP contribution >= 0.6 is 23.2 Å². The van der Waals surface area contributed by atoms with Gasteiger partial charge in [0.2, 0.25) is 0 Å². The molecule has 0 aromatic heterocycles. The summed E-state index contributed by atoms with van der Waals surface area (Å²) in [6, 6.07) is 12.9. The molecule has 0 heterocycles. The number of nitrogens with one attached hydrogen (secondary N) is 1. The molecule has 3 rings (SSSR count). The van der Waals surface area contributed by atoms with E-state index in [4.69, 9.17) is 32.7 Å². The minimum absolute atomic E-state index is 0.0233. The highest BCUT2D eigenvalue weighted by molar-refractivity contribution is 6.32. The van der Waals surface area contributed by atoms with Crippen molar-refractivity contribution in [2.75, 3.05) is 6.61 Å². The smallest absolute Gasteiger partial charge is 0.262 e. The Morgan fingerprint density at radius 1 is 1.19 bits per heavy atom. The summed E-state index contributed by atoms with van der Waals surface area (Å²) in [6.07, 6.45) is 5.60. The second kappa shape index (κ2) is 11.1. The third-order valence-electron chi connectivity index (χ3n) is 5.03. The van der Waals surface area contributed by atoms with E-state index in [-0.39, 0.29) is 24.1 Å². The van der Waals surface area contributed by atoms with Gasteiger partial charge in [-0.3, -0.25) is 4.79 Å². The van der Waals surface area contributed by atoms with Gasteiger partial charge in [0.25, 0.3) is 5.91 Å². The molecule has 0 saturated heterocycles. The van der Waals surface area contributed by atoms with Crippen molar-refractivity contribution in [1.82, 2.24) is 5.32 Å². The van der Waals surface area contributed by atoms with Crippen molar-refractivity contribution in [3.8, 4) is 17.6 Å². The van der Waals surface area contributed by atoms with Crippen molar-refractivity contribution < 1.29 is 14.3 Å². The monoisotopic (exact) mass is 458 g/mol. The van der Waals surface area contributed by atoms with Crippen LogP contribution in [-0.4, -0.2) is 18.6 Å². The largest absolute Gasteiger partial charge is 0.490 e. The molecule has 0 spiro atoms. The van der Waals surface area contributed by atoms with E-state index < -0.39 is 0 Å². The molecule has 1 saturated carbocycles. The maximum Gasteiger partial charge on any atom is 0.262 e. The first kappa shape index (κ1) is 23.0. The zero-order valence-corrected chi connectivity index (χ0v) is 18.8. The number of carbonyl (C=O) groups is 1. The molecule has 1 fully saturated rings. The third kappa shape index (κ3) is 6.16. The fourth-order valence-corrected chi connectivity index (χ4v) is 3.95. The number of carbonyl (C=O) groups excluding carboxylic acids is 1. The summed E-state index contributed by atoms with van der Waals surface area (Å²) in [4.78, 5) is 12.5. The highest BCUT2D eigenvalue weighted by Crippen LogP contribution is 2.38. The predicted molar refractivity (Wildman–Crippen MR) is 122 cm³/mol. The van der Waals surface area contributed by atoms with Gasteiger partial charge >= 0.3 is 0 Å². The van der Waals surface area contributed by atoms with E-state index in [0.717, 1.165) is 31.2 Å². The van der Waals surface area contributed by atoms with Crippen LogP contribution in [0.4, 0.5) is 0 Å². The van der Waals surface area contributed by atoms with Gasteiger partial charge in [-0.2, -0.15) is 5.26 Å². The van der Waals surface area contributed by atoms with Crippen molar-refractivity contribution in [3.05, 3.63) is 63.1 Å². The Morgan fingerprint density at radius 3 is 2.61 bits per heavy atom. The summed E-state index contributed by atoms with van der Waals surface area (Å²) >= 11 is 12.7. The van der Waals surface area contributed by atoms with Crippen LogP contribution in [0.5, 0.6) is 11.5 Å². The number of rotatable bonds is 8. The molecular weight excluding hydrogens is 435 g/mol. The maximum absolute atomic E-state index is 12.5. The molecule has 0 bridgehead atoms. The molecule has 31 heavy (non-hydrogen) atoms. The summed E-state index contributed by atoms with van der Waals surface area (Å²) in [5.41, 5.74) is 1.42. The van der Waals surface area contributed by atoms with Gasteiger partial charge in [0.15, 0.2) is 11.5 Å². The van der Waals surface area contributed by atoms with E-state index in [1.54, 1.807) is 18.2 Å². The number of hydrogen-bond donors (Lipinski definition) is 1. The average molecular weight is 459 g/mol. The van der Waals surface area contributed by atoms with Crippen molar-refractivity contribution in [3.63, 3.8) is 0 Å². The molecule has 1 N–H and O–H groups in total. The molecule has 0 aliphatic heterocycles. The van der Waals surface area contributed by atoms with Gasteiger partial charge in [-0.05, 0) is 49.6 Å². The summed E-state index contributed by atoms with van der Waals surface area (Å²) in [5.74, 6) is 0.443. The molecule has 1 aliphatic rings. The SMILES string of the molecule is CCOc1cc(/C=C(/C#N)C(=O)NC2CCCC2)cc(Cl)c1OCc1ccccc1Cl. The number of nitrogens with zero attached hydrogens (tertiary/aromatic N) is 1. The first-order valence-corrected chi connectivity index (χ1v) is 11.0. The van der Waals surface area contributed by atoms with Crippen LogP contribution in [-0.2, 0) is 11.4 Å². The Hall–Kier alpha value is -2.68. The lowest BCUT2D eigenvalue weighted by Crippen LogP contribution is -2.33. The average Bonchev–Trinajstić information content (AvgIpc) is 3.25. The lowest BCUT2D eigenvalue weighted by molar-refractivity contribution is -0.117. The van der Waals surface area contributed by atoms with Crippen LogP contribution in [0.2, 0.25) is 10.0 Å². The van der Waals surface area contributed by atoms with Crippen molar-refractivity contribution >= 4 is 35.2 Å². The molecule has 2 aromatic carbocycles. The Balaban J connectivity index is 1.82. The predicted octanol–water partition coefficient (Wildman–Crippen LogP) is 5.94. The fourth-order valence-electron chi connectivity index (χ4n) is 3.49. The maximum atomic E-state index is 12.5. The molecule has 162 valence electrons. The van der Waals surface area contributed by atoms with Gasteiger partial charge < -0.3 is 14.8 Å². The zero-order chi connectivity index (χ0) is 22.2. The fraction of sp³-hybridized carbons (Fsp3) is 0.333. The number of amides is 1. The first-order valence-electron chi connectivity index (χ1n) is 10.3. The van der Waals surface area contributed by atoms with Crippen LogP contribution in [0.1, 0.15) is 43.7 Å². The standard InChI is InChI=1S/C24H24Cl2N2O3/c1-2-30-22-13-16(11-18(14-27)24(29)28-19-8-4-5-9-19)12-21(26)23(22)31-15-17-7-3-6-10-20(17)25/h3,6-7,10-13,19H,2,4-5,8-9,15H2,1H3,(H,28,29)/b18-11-. The molecule has 1 aliphatic carbocycles. The van der Waals surface area contributed by atoms with E-state index in [0.29, 0.717) is 33.7 Å². The molecule has 7 heteroatoms. The Morgan fingerprint density at radius 2 is 1.94 bits per heavy atom. The minimum atomic E-state index is -0.373. The third-order valence-corrected chi connectivity index (χ3v) is 5.68. The minimum Gasteiger partial charge on any atom is -0.490 e. The molecule has 0 unspecified atom stereocenters. The number of halogens is 2. The number of benzene rings is 2. The second-order valence-corrected chi connectivity index (χ2v) is 8.08. The molecule has 2 aromatic rings. The Bertz CT molecular complexity index is 1010. The molecule has 1 amide bonds. The first-order chi connectivity index (χ1) is 15.0. The quantitative estimate of drug-likeness (QED) is 0.392. The van der Waals surface area contributed by atoms with Gasteiger partial charge in [0.1, 0.15) is 18.2 Å². The van der Waals surface area contributed by atoms with Gasteiger partial charge in [-0.15, -0.1) is 0 Å². The lowest BCUT2D eigenvalue weighted by atomic mass is 10.1. The molecule has 0 atom stereocenters. The Kier molecular flexibility index (Phi) is 8.22. The molecular formula is C24H24Cl2N2O3. The van der Waals surface area contributed by atoms with Crippen molar-refractivity contribution in [1.29, 1.82) is 5.26 Å². The summed E-state index contributed by atoms with van der Waals surface area (Å²) in [5, 5.41) is 13.3. The van der Waals surface area contributed by atoms with E-state index in [1.807, 2.05) is 31.2 Å². The number of hydrogen-bond acceptors (Lipinski definition) is 4. The van der Waals surface area contributed by atoms with Gasteiger partial charge in [0.05, 0.1) is 11.6 Å². The van der Waals surface area contributed by atoms with E-state index in [2.05, 4.69) is 5.32 Å². The highest BCUT2D eigenvalue weighted by atomic mass is 35.5.